The van der Waals surface area contributed by atoms with Crippen LogP contribution in [0.3, 0.4) is 0 Å². The van der Waals surface area contributed by atoms with Crippen molar-refractivity contribution in [3.63, 3.8) is 0 Å². The second-order valence-electron chi connectivity index (χ2n) is 14.8. The van der Waals surface area contributed by atoms with E-state index in [4.69, 9.17) is 3.34 Å². The van der Waals surface area contributed by atoms with E-state index in [0.717, 1.165) is 0 Å². The Hall–Kier alpha value is 1.29. The van der Waals surface area contributed by atoms with Gasteiger partial charge >= 0.3 is 208 Å². The molecule has 184 valence electrons. The first-order valence-electron chi connectivity index (χ1n) is 11.6. The fourth-order valence-electron chi connectivity index (χ4n) is 6.21. The number of azide groups is 1. The van der Waals surface area contributed by atoms with E-state index in [0.29, 0.717) is 0 Å². The van der Waals surface area contributed by atoms with Gasteiger partial charge in [-0.25, -0.2) is 0 Å². The first kappa shape index (κ1) is 32.3. The van der Waals surface area contributed by atoms with Crippen LogP contribution >= 0.6 is 0 Å². The minimum absolute atomic E-state index is 1.81. The van der Waals surface area contributed by atoms with Crippen LogP contribution in [0.1, 0.15) is 0 Å². The Morgan fingerprint density at radius 2 is 0.613 bits per heavy atom. The minimum atomic E-state index is -4.05. The molecule has 0 aliphatic carbocycles. The van der Waals surface area contributed by atoms with Crippen LogP contribution in [0.15, 0.2) is 3.34 Å². The molecular weight excluding hydrogens is 587 g/mol. The number of hydrogen-bond donors (Lipinski definition) is 0. The molecule has 0 radical (unpaired) electrons. The third-order valence-electron chi connectivity index (χ3n) is 5.10. The number of rotatable bonds is 10. The molecule has 0 heterocycles. The molecule has 0 unspecified atom stereocenters. The summed E-state index contributed by atoms with van der Waals surface area (Å²) in [5, 5.41) is 0. The van der Waals surface area contributed by atoms with Gasteiger partial charge in [0.2, 0.25) is 0 Å². The normalized spacial score (nSPS) is 15.6. The van der Waals surface area contributed by atoms with Crippen molar-refractivity contribution in [2.75, 3.05) is 0 Å². The molecule has 0 aliphatic heterocycles. The number of nitrogens with zero attached hydrogens (tertiary/aromatic N) is 6. The zero-order chi connectivity index (χ0) is 25.6. The van der Waals surface area contributed by atoms with Gasteiger partial charge in [-0.2, -0.15) is 0 Å². The molecule has 0 atom stereocenters. The SMILES string of the molecule is C[Si](C)(C)[N]([Si](C)(C)C)[Sn]([N]=[N+]=[N-])([N]([Si](C)(C)C)[Si](C)(C)C)[N]([Si](C)(C)C)[Si](C)(C)C. The molecule has 0 N–H and O–H groups in total. The van der Waals surface area contributed by atoms with Gasteiger partial charge in [-0.1, -0.05) is 0 Å². The Morgan fingerprint density at radius 3 is 0.710 bits per heavy atom. The molecule has 0 aromatic rings. The van der Waals surface area contributed by atoms with E-state index < -0.39 is 68.9 Å². The monoisotopic (exact) mass is 642 g/mol. The van der Waals surface area contributed by atoms with E-state index in [1.54, 1.807) is 0 Å². The summed E-state index contributed by atoms with van der Waals surface area (Å²) in [6, 6.07) is 0. The van der Waals surface area contributed by atoms with Crippen LogP contribution in [0, 0.1) is 0 Å². The fraction of sp³-hybridized carbons (Fsp3) is 1.00. The van der Waals surface area contributed by atoms with E-state index in [1.807, 2.05) is 0 Å². The molecule has 0 aliphatic rings. The molecule has 0 saturated heterocycles. The summed E-state index contributed by atoms with van der Waals surface area (Å²) in [5.74, 6) is 0. The molecule has 0 bridgehead atoms. The summed E-state index contributed by atoms with van der Waals surface area (Å²) in [6.45, 7) is 45.1. The van der Waals surface area contributed by atoms with Crippen molar-refractivity contribution < 1.29 is 0 Å². The molecule has 13 heteroatoms. The zero-order valence-corrected chi connectivity index (χ0v) is 33.0. The molecule has 0 fully saturated rings. The van der Waals surface area contributed by atoms with Crippen molar-refractivity contribution in [2.24, 2.45) is 3.34 Å². The van der Waals surface area contributed by atoms with E-state index in [-0.39, 0.29) is 0 Å². The van der Waals surface area contributed by atoms with Crippen LogP contribution in [0.4, 0.5) is 0 Å². The Balaban J connectivity index is 8.25. The van der Waals surface area contributed by atoms with Crippen LogP contribution < -0.4 is 0 Å². The van der Waals surface area contributed by atoms with Crippen molar-refractivity contribution in [3.05, 3.63) is 10.4 Å². The van der Waals surface area contributed by atoms with Crippen LogP contribution in [-0.4, -0.2) is 76.2 Å². The maximum atomic E-state index is 10.3. The van der Waals surface area contributed by atoms with Crippen molar-refractivity contribution in [1.29, 1.82) is 0 Å². The van der Waals surface area contributed by atoms with Crippen molar-refractivity contribution in [3.8, 4) is 0 Å². The maximum absolute atomic E-state index is 10.3. The van der Waals surface area contributed by atoms with Crippen molar-refractivity contribution >= 4 is 68.9 Å². The molecule has 31 heavy (non-hydrogen) atoms. The van der Waals surface area contributed by atoms with Crippen LogP contribution in [-0.2, 0) is 0 Å². The average molecular weight is 642 g/mol. The molecule has 0 aromatic carbocycles. The molecular formula is C18H54N6Si6Sn. The molecule has 0 spiro atoms. The van der Waals surface area contributed by atoms with Gasteiger partial charge in [-0.15, -0.1) is 0 Å². The quantitative estimate of drug-likeness (QED) is 0.107. The first-order chi connectivity index (χ1) is 13.2. The fourth-order valence-corrected chi connectivity index (χ4v) is 103. The van der Waals surface area contributed by atoms with E-state index >= 15 is 0 Å². The van der Waals surface area contributed by atoms with Gasteiger partial charge in [0.1, 0.15) is 0 Å². The van der Waals surface area contributed by atoms with Gasteiger partial charge in [-0.05, 0) is 0 Å². The van der Waals surface area contributed by atoms with Crippen LogP contribution in [0.25, 0.3) is 10.4 Å². The van der Waals surface area contributed by atoms with Gasteiger partial charge in [0.25, 0.3) is 0 Å². The molecule has 0 rings (SSSR count). The summed E-state index contributed by atoms with van der Waals surface area (Å²) in [6.07, 6.45) is 0. The number of hydrogen-bond acceptors (Lipinski definition) is 4. The van der Waals surface area contributed by atoms with Crippen molar-refractivity contribution in [2.45, 2.75) is 118 Å². The summed E-state index contributed by atoms with van der Waals surface area (Å²) in [7, 11) is -10.8. The molecule has 0 saturated carbocycles. The Labute approximate surface area is 206 Å². The Bertz CT molecular complexity index is 552. The average Bonchev–Trinajstić information content (AvgIpc) is 2.25. The molecule has 6 nitrogen and oxygen atoms in total. The molecule has 0 amide bonds. The third-order valence-corrected chi connectivity index (χ3v) is 77.9. The summed E-state index contributed by atoms with van der Waals surface area (Å²) < 4.78 is 14.4. The van der Waals surface area contributed by atoms with Crippen LogP contribution in [0.2, 0.25) is 118 Å². The zero-order valence-electron chi connectivity index (χ0n) is 24.2. The summed E-state index contributed by atoms with van der Waals surface area (Å²) in [4.78, 5) is 3.78. The predicted octanol–water partition coefficient (Wildman–Crippen LogP) is 7.65. The standard InChI is InChI=1S/3C6H18NSi2.N3.Sn/c3*1-8(2,3)7-9(4,5)6;1-3-2;/h3*1-6H3;;/q4*-1;+4. The topological polar surface area (TPSA) is 58.5 Å². The second-order valence-corrected chi connectivity index (χ2v) is 60.4. The van der Waals surface area contributed by atoms with Crippen molar-refractivity contribution in [1.82, 2.24) is 7.36 Å². The van der Waals surface area contributed by atoms with Gasteiger partial charge in [-0.3, -0.25) is 0 Å². The first-order valence-corrected chi connectivity index (χ1v) is 37.4. The van der Waals surface area contributed by atoms with Gasteiger partial charge in [0.05, 0.1) is 0 Å². The molecule has 0 aromatic heterocycles. The summed E-state index contributed by atoms with van der Waals surface area (Å²) in [5.41, 5.74) is 10.3. The van der Waals surface area contributed by atoms with Gasteiger partial charge in [0.15, 0.2) is 0 Å². The third kappa shape index (κ3) is 7.64. The second kappa shape index (κ2) is 9.74. The predicted molar refractivity (Wildman–Crippen MR) is 160 cm³/mol. The van der Waals surface area contributed by atoms with Crippen LogP contribution in [0.5, 0.6) is 0 Å². The van der Waals surface area contributed by atoms with Gasteiger partial charge in [0, 0.05) is 0 Å². The van der Waals surface area contributed by atoms with E-state index in [2.05, 4.69) is 130 Å². The summed E-state index contributed by atoms with van der Waals surface area (Å²) >= 11 is -4.05. The van der Waals surface area contributed by atoms with E-state index in [9.17, 15) is 5.53 Å². The Morgan fingerprint density at radius 1 is 0.452 bits per heavy atom. The van der Waals surface area contributed by atoms with E-state index in [1.165, 1.54) is 0 Å². The Kier molecular flexibility index (Phi) is 10.1. The van der Waals surface area contributed by atoms with Gasteiger partial charge < -0.3 is 0 Å².